The first-order valence-electron chi connectivity index (χ1n) is 9.16. The van der Waals surface area contributed by atoms with Gasteiger partial charge in [-0.25, -0.2) is 0 Å². The maximum absolute atomic E-state index is 13.4. The number of H-pyrrole nitrogens is 1. The third kappa shape index (κ3) is 1.99. The fourth-order valence-corrected chi connectivity index (χ4v) is 5.04. The zero-order valence-corrected chi connectivity index (χ0v) is 14.2. The third-order valence-electron chi connectivity index (χ3n) is 6.37. The highest BCUT2D eigenvalue weighted by Crippen LogP contribution is 2.55. The molecule has 1 aromatic heterocycles. The van der Waals surface area contributed by atoms with Gasteiger partial charge in [-0.1, -0.05) is 18.2 Å². The molecule has 24 heavy (non-hydrogen) atoms. The van der Waals surface area contributed by atoms with Gasteiger partial charge in [0.2, 0.25) is 0 Å². The van der Waals surface area contributed by atoms with Crippen LogP contribution in [-0.2, 0) is 4.74 Å². The van der Waals surface area contributed by atoms with Crippen LogP contribution < -0.4 is 0 Å². The van der Waals surface area contributed by atoms with Crippen molar-refractivity contribution >= 4 is 16.8 Å². The summed E-state index contributed by atoms with van der Waals surface area (Å²) in [6.45, 7) is 4.65. The van der Waals surface area contributed by atoms with Crippen molar-refractivity contribution in [1.29, 1.82) is 0 Å². The highest BCUT2D eigenvalue weighted by molar-refractivity contribution is 6.08. The van der Waals surface area contributed by atoms with E-state index in [4.69, 9.17) is 4.74 Å². The predicted molar refractivity (Wildman–Crippen MR) is 93.1 cm³/mol. The molecular weight excluding hydrogens is 300 g/mol. The van der Waals surface area contributed by atoms with Gasteiger partial charge < -0.3 is 14.6 Å². The van der Waals surface area contributed by atoms with E-state index in [2.05, 4.69) is 16.0 Å². The molecule has 1 atom stereocenters. The number of nitrogens with one attached hydrogen (secondary N) is 1. The van der Waals surface area contributed by atoms with Gasteiger partial charge >= 0.3 is 0 Å². The first-order valence-corrected chi connectivity index (χ1v) is 9.16. The minimum Gasteiger partial charge on any atom is -0.381 e. The number of benzene rings is 1. The van der Waals surface area contributed by atoms with E-state index < -0.39 is 0 Å². The molecule has 4 nitrogen and oxygen atoms in total. The van der Waals surface area contributed by atoms with Gasteiger partial charge in [0.25, 0.3) is 5.91 Å². The van der Waals surface area contributed by atoms with Crippen molar-refractivity contribution in [3.63, 3.8) is 0 Å². The van der Waals surface area contributed by atoms with E-state index in [1.165, 1.54) is 12.8 Å². The van der Waals surface area contributed by atoms with Crippen LogP contribution in [0.4, 0.5) is 0 Å². The third-order valence-corrected chi connectivity index (χ3v) is 6.37. The lowest BCUT2D eigenvalue weighted by Gasteiger charge is -2.59. The van der Waals surface area contributed by atoms with E-state index in [1.54, 1.807) is 0 Å². The molecule has 1 spiro atoms. The molecule has 1 amide bonds. The first-order chi connectivity index (χ1) is 11.7. The summed E-state index contributed by atoms with van der Waals surface area (Å²) in [5.41, 5.74) is 3.25. The zero-order chi connectivity index (χ0) is 16.3. The highest BCUT2D eigenvalue weighted by Gasteiger charge is 2.59. The number of aromatic amines is 1. The van der Waals surface area contributed by atoms with Crippen LogP contribution in [0.15, 0.2) is 24.3 Å². The molecule has 3 aliphatic rings. The molecule has 1 aromatic carbocycles. The van der Waals surface area contributed by atoms with Crippen molar-refractivity contribution in [1.82, 2.24) is 9.88 Å². The molecule has 1 aliphatic carbocycles. The topological polar surface area (TPSA) is 45.3 Å². The maximum atomic E-state index is 13.4. The van der Waals surface area contributed by atoms with Crippen molar-refractivity contribution in [3.05, 3.63) is 35.5 Å². The number of aryl methyl sites for hydroxylation is 1. The fraction of sp³-hybridized carbons (Fsp3) is 0.550. The lowest BCUT2D eigenvalue weighted by atomic mass is 9.64. The Balaban J connectivity index is 1.49. The van der Waals surface area contributed by atoms with Gasteiger partial charge in [-0.2, -0.15) is 0 Å². The van der Waals surface area contributed by atoms with Gasteiger partial charge in [0, 0.05) is 47.8 Å². The predicted octanol–water partition coefficient (Wildman–Crippen LogP) is 3.51. The fourth-order valence-electron chi connectivity index (χ4n) is 5.04. The first kappa shape index (κ1) is 14.5. The highest BCUT2D eigenvalue weighted by atomic mass is 16.5. The molecule has 126 valence electrons. The van der Waals surface area contributed by atoms with Crippen LogP contribution in [0, 0.1) is 18.3 Å². The summed E-state index contributed by atoms with van der Waals surface area (Å²) in [7, 11) is 0. The number of nitrogens with zero attached hydrogens (tertiary/aromatic N) is 1. The molecule has 1 unspecified atom stereocenters. The molecule has 1 N–H and O–H groups in total. The standard InChI is InChI=1S/C20H24N2O2/c1-13-17(15-4-2-3-5-16(15)21-13)19(23)22-12-20(8-10-24-11-9-20)18(22)14-6-7-14/h2-5,14,18,21H,6-12H2,1H3. The molecule has 3 fully saturated rings. The molecule has 4 heteroatoms. The number of likely N-dealkylation sites (tertiary alicyclic amines) is 1. The van der Waals surface area contributed by atoms with Crippen LogP contribution in [0.2, 0.25) is 0 Å². The summed E-state index contributed by atoms with van der Waals surface area (Å²) in [5, 5.41) is 1.06. The quantitative estimate of drug-likeness (QED) is 0.919. The number of fused-ring (bicyclic) bond motifs is 1. The van der Waals surface area contributed by atoms with Gasteiger partial charge in [0.05, 0.1) is 5.56 Å². The number of carbonyl (C=O) groups excluding carboxylic acids is 1. The number of carbonyl (C=O) groups is 1. The molecule has 2 aromatic rings. The second-order valence-electron chi connectivity index (χ2n) is 7.86. The number of hydrogen-bond donors (Lipinski definition) is 1. The second kappa shape index (κ2) is 5.09. The monoisotopic (exact) mass is 324 g/mol. The summed E-state index contributed by atoms with van der Waals surface area (Å²) in [6.07, 6.45) is 4.80. The van der Waals surface area contributed by atoms with Crippen molar-refractivity contribution < 1.29 is 9.53 Å². The van der Waals surface area contributed by atoms with E-state index in [0.29, 0.717) is 17.4 Å². The number of ether oxygens (including phenoxy) is 1. The lowest BCUT2D eigenvalue weighted by Crippen LogP contribution is -2.68. The van der Waals surface area contributed by atoms with Gasteiger partial charge in [0.15, 0.2) is 0 Å². The van der Waals surface area contributed by atoms with Crippen molar-refractivity contribution in [3.8, 4) is 0 Å². The number of amides is 1. The number of aromatic nitrogens is 1. The summed E-state index contributed by atoms with van der Waals surface area (Å²) in [6, 6.07) is 8.57. The molecule has 3 heterocycles. The molecule has 0 radical (unpaired) electrons. The van der Waals surface area contributed by atoms with Crippen molar-refractivity contribution in [2.24, 2.45) is 11.3 Å². The van der Waals surface area contributed by atoms with Crippen LogP contribution in [0.1, 0.15) is 41.7 Å². The van der Waals surface area contributed by atoms with Crippen LogP contribution in [0.3, 0.4) is 0 Å². The van der Waals surface area contributed by atoms with Crippen LogP contribution in [-0.4, -0.2) is 41.6 Å². The van der Waals surface area contributed by atoms with Crippen LogP contribution in [0.5, 0.6) is 0 Å². The minimum absolute atomic E-state index is 0.221. The lowest BCUT2D eigenvalue weighted by molar-refractivity contribution is -0.120. The van der Waals surface area contributed by atoms with Crippen LogP contribution >= 0.6 is 0 Å². The van der Waals surface area contributed by atoms with E-state index in [9.17, 15) is 4.79 Å². The Bertz CT molecular complexity index is 799. The van der Waals surface area contributed by atoms with E-state index in [-0.39, 0.29) is 5.91 Å². The molecule has 1 saturated carbocycles. The smallest absolute Gasteiger partial charge is 0.256 e. The van der Waals surface area contributed by atoms with E-state index >= 15 is 0 Å². The normalized spacial score (nSPS) is 25.9. The number of rotatable bonds is 2. The largest absolute Gasteiger partial charge is 0.381 e. The Hall–Kier alpha value is -1.81. The molecule has 0 bridgehead atoms. The van der Waals surface area contributed by atoms with Crippen molar-refractivity contribution in [2.45, 2.75) is 38.6 Å². The Morgan fingerprint density at radius 3 is 2.75 bits per heavy atom. The summed E-state index contributed by atoms with van der Waals surface area (Å²) in [4.78, 5) is 18.9. The molecular formula is C20H24N2O2. The van der Waals surface area contributed by atoms with Crippen molar-refractivity contribution in [2.75, 3.05) is 19.8 Å². The molecule has 2 saturated heterocycles. The number of hydrogen-bond acceptors (Lipinski definition) is 2. The Morgan fingerprint density at radius 1 is 1.25 bits per heavy atom. The van der Waals surface area contributed by atoms with Gasteiger partial charge in [-0.3, -0.25) is 4.79 Å². The Labute approximate surface area is 142 Å². The molecule has 2 aliphatic heterocycles. The van der Waals surface area contributed by atoms with Gasteiger partial charge in [0.1, 0.15) is 0 Å². The summed E-state index contributed by atoms with van der Waals surface area (Å²) in [5.74, 6) is 0.935. The van der Waals surface area contributed by atoms with E-state index in [0.717, 1.165) is 54.8 Å². The maximum Gasteiger partial charge on any atom is 0.256 e. The SMILES string of the molecule is Cc1[nH]c2ccccc2c1C(=O)N1CC2(CCOCC2)C1C1CC1. The van der Waals surface area contributed by atoms with Crippen LogP contribution in [0.25, 0.3) is 10.9 Å². The summed E-state index contributed by atoms with van der Waals surface area (Å²) < 4.78 is 5.59. The van der Waals surface area contributed by atoms with Gasteiger partial charge in [-0.15, -0.1) is 0 Å². The van der Waals surface area contributed by atoms with E-state index in [1.807, 2.05) is 25.1 Å². The number of para-hydroxylation sites is 1. The minimum atomic E-state index is 0.221. The average Bonchev–Trinajstić information content (AvgIpc) is 3.33. The average molecular weight is 324 g/mol. The molecule has 5 rings (SSSR count). The zero-order valence-electron chi connectivity index (χ0n) is 14.2. The van der Waals surface area contributed by atoms with Gasteiger partial charge in [-0.05, 0) is 44.6 Å². The summed E-state index contributed by atoms with van der Waals surface area (Å²) >= 11 is 0. The Morgan fingerprint density at radius 2 is 2.00 bits per heavy atom. The second-order valence-corrected chi connectivity index (χ2v) is 7.86. The Kier molecular flexibility index (Phi) is 3.08.